The number of imidazole rings is 1. The van der Waals surface area contributed by atoms with Gasteiger partial charge in [0.05, 0.1) is 0 Å². The van der Waals surface area contributed by atoms with Crippen molar-refractivity contribution in [2.75, 3.05) is 13.1 Å². The molecule has 1 amide bonds. The van der Waals surface area contributed by atoms with Gasteiger partial charge in [-0.15, -0.1) is 0 Å². The molecule has 2 rings (SSSR count). The summed E-state index contributed by atoms with van der Waals surface area (Å²) >= 11 is 0. The zero-order chi connectivity index (χ0) is 14.0. The van der Waals surface area contributed by atoms with Gasteiger partial charge in [0.1, 0.15) is 12.3 Å². The Balaban J connectivity index is 2.03. The number of Topliss-reactive ketones (excluding diaryl/α,β-unsaturated/α-hetero) is 1. The lowest BCUT2D eigenvalue weighted by atomic mass is 10.1. The highest BCUT2D eigenvalue weighted by Crippen LogP contribution is 2.07. The van der Waals surface area contributed by atoms with Gasteiger partial charge in [0.15, 0.2) is 0 Å². The third kappa shape index (κ3) is 2.94. The average molecular weight is 265 g/mol. The molecule has 1 aromatic rings. The summed E-state index contributed by atoms with van der Waals surface area (Å²) < 4.78 is 3.01. The van der Waals surface area contributed by atoms with E-state index in [1.54, 1.807) is 21.9 Å². The van der Waals surface area contributed by atoms with Crippen molar-refractivity contribution in [1.29, 1.82) is 0 Å². The maximum atomic E-state index is 12.1. The van der Waals surface area contributed by atoms with E-state index in [4.69, 9.17) is 0 Å². The quantitative estimate of drug-likeness (QED) is 0.795. The van der Waals surface area contributed by atoms with Crippen LogP contribution < -0.4 is 5.69 Å². The van der Waals surface area contributed by atoms with Crippen molar-refractivity contribution in [3.8, 4) is 0 Å². The molecule has 6 nitrogen and oxygen atoms in total. The first-order valence-electron chi connectivity index (χ1n) is 6.56. The lowest BCUT2D eigenvalue weighted by Crippen LogP contribution is -2.41. The van der Waals surface area contributed by atoms with Crippen LogP contribution in [0.3, 0.4) is 0 Å². The highest BCUT2D eigenvalue weighted by atomic mass is 16.2. The van der Waals surface area contributed by atoms with Crippen LogP contribution in [0.25, 0.3) is 0 Å². The van der Waals surface area contributed by atoms with Crippen molar-refractivity contribution < 1.29 is 9.59 Å². The number of hydrogen-bond donors (Lipinski definition) is 0. The molecule has 0 bridgehead atoms. The van der Waals surface area contributed by atoms with Crippen molar-refractivity contribution in [3.05, 3.63) is 22.9 Å². The summed E-state index contributed by atoms with van der Waals surface area (Å²) in [6.07, 6.45) is 4.18. The lowest BCUT2D eigenvalue weighted by molar-refractivity contribution is -0.135. The number of nitrogens with zero attached hydrogens (tertiary/aromatic N) is 3. The van der Waals surface area contributed by atoms with Crippen molar-refractivity contribution in [2.45, 2.75) is 39.3 Å². The Labute approximate surface area is 111 Å². The third-order valence-electron chi connectivity index (χ3n) is 3.41. The molecule has 1 aromatic heterocycles. The molecule has 6 heteroatoms. The van der Waals surface area contributed by atoms with Crippen LogP contribution in [0.1, 0.15) is 32.7 Å². The Hall–Kier alpha value is -1.85. The Bertz CT molecular complexity index is 532. The fourth-order valence-corrected chi connectivity index (χ4v) is 2.19. The van der Waals surface area contributed by atoms with Crippen LogP contribution in [0.2, 0.25) is 0 Å². The van der Waals surface area contributed by atoms with Crippen LogP contribution in [0, 0.1) is 0 Å². The van der Waals surface area contributed by atoms with Crippen LogP contribution in [0.4, 0.5) is 0 Å². The van der Waals surface area contributed by atoms with E-state index < -0.39 is 0 Å². The molecule has 0 aromatic carbocycles. The van der Waals surface area contributed by atoms with Crippen LogP contribution in [0.5, 0.6) is 0 Å². The molecule has 0 N–H and O–H groups in total. The maximum Gasteiger partial charge on any atom is 0.328 e. The Kier molecular flexibility index (Phi) is 3.87. The number of hydrogen-bond acceptors (Lipinski definition) is 3. The number of amides is 1. The van der Waals surface area contributed by atoms with E-state index in [9.17, 15) is 14.4 Å². The van der Waals surface area contributed by atoms with E-state index in [0.29, 0.717) is 25.9 Å². The molecule has 0 unspecified atom stereocenters. The summed E-state index contributed by atoms with van der Waals surface area (Å²) in [4.78, 5) is 36.8. The van der Waals surface area contributed by atoms with Gasteiger partial charge in [-0.05, 0) is 13.8 Å². The van der Waals surface area contributed by atoms with Gasteiger partial charge in [0.25, 0.3) is 0 Å². The first-order chi connectivity index (χ1) is 8.99. The van der Waals surface area contributed by atoms with Crippen molar-refractivity contribution >= 4 is 11.7 Å². The normalized spacial score (nSPS) is 16.2. The number of rotatable bonds is 3. The summed E-state index contributed by atoms with van der Waals surface area (Å²) in [5, 5.41) is 0. The van der Waals surface area contributed by atoms with Gasteiger partial charge in [-0.2, -0.15) is 0 Å². The van der Waals surface area contributed by atoms with E-state index in [2.05, 4.69) is 0 Å². The monoisotopic (exact) mass is 265 g/mol. The fraction of sp³-hybridized carbons (Fsp3) is 0.615. The second kappa shape index (κ2) is 5.42. The molecule has 19 heavy (non-hydrogen) atoms. The average Bonchev–Trinajstić information content (AvgIpc) is 2.72. The minimum atomic E-state index is -0.170. The molecule has 0 spiro atoms. The van der Waals surface area contributed by atoms with Gasteiger partial charge >= 0.3 is 5.69 Å². The van der Waals surface area contributed by atoms with Crippen molar-refractivity contribution in [2.24, 2.45) is 0 Å². The van der Waals surface area contributed by atoms with E-state index in [-0.39, 0.29) is 30.0 Å². The number of piperidine rings is 1. The summed E-state index contributed by atoms with van der Waals surface area (Å²) in [6.45, 7) is 4.83. The van der Waals surface area contributed by atoms with E-state index >= 15 is 0 Å². The largest absolute Gasteiger partial charge is 0.340 e. The summed E-state index contributed by atoms with van der Waals surface area (Å²) in [7, 11) is 0. The number of aromatic nitrogens is 2. The number of likely N-dealkylation sites (tertiary alicyclic amines) is 1. The highest BCUT2D eigenvalue weighted by molar-refractivity contribution is 5.83. The van der Waals surface area contributed by atoms with Crippen LogP contribution in [0.15, 0.2) is 17.2 Å². The van der Waals surface area contributed by atoms with Gasteiger partial charge < -0.3 is 4.90 Å². The standard InChI is InChI=1S/C13H19N3O3/c1-10(2)16-8-7-15(13(16)19)9-12(18)14-5-3-11(17)4-6-14/h7-8,10H,3-6,9H2,1-2H3. The van der Waals surface area contributed by atoms with Crippen molar-refractivity contribution in [3.63, 3.8) is 0 Å². The van der Waals surface area contributed by atoms with Crippen LogP contribution >= 0.6 is 0 Å². The SMILES string of the molecule is CC(C)n1ccn(CC(=O)N2CCC(=O)CC2)c1=O. The molecule has 1 aliphatic heterocycles. The van der Waals surface area contributed by atoms with E-state index in [1.807, 2.05) is 13.8 Å². The topological polar surface area (TPSA) is 64.3 Å². The highest BCUT2D eigenvalue weighted by Gasteiger charge is 2.21. The summed E-state index contributed by atoms with van der Waals surface area (Å²) in [6, 6.07) is 0.0801. The zero-order valence-electron chi connectivity index (χ0n) is 11.3. The summed E-state index contributed by atoms with van der Waals surface area (Å²) in [5.74, 6) is 0.100. The molecular formula is C13H19N3O3. The molecular weight excluding hydrogens is 246 g/mol. The predicted octanol–water partition coefficient (Wildman–Crippen LogP) is 0.422. The second-order valence-corrected chi connectivity index (χ2v) is 5.13. The Morgan fingerprint density at radius 1 is 1.21 bits per heavy atom. The molecule has 0 radical (unpaired) electrons. The second-order valence-electron chi connectivity index (χ2n) is 5.13. The molecule has 1 saturated heterocycles. The minimum Gasteiger partial charge on any atom is -0.340 e. The molecule has 0 atom stereocenters. The number of carbonyl (C=O) groups is 2. The minimum absolute atomic E-state index is 0.0484. The zero-order valence-corrected chi connectivity index (χ0v) is 11.3. The maximum absolute atomic E-state index is 12.1. The lowest BCUT2D eigenvalue weighted by Gasteiger charge is -2.26. The van der Waals surface area contributed by atoms with E-state index in [1.165, 1.54) is 4.57 Å². The number of carbonyl (C=O) groups excluding carboxylic acids is 2. The Morgan fingerprint density at radius 2 is 1.84 bits per heavy atom. The first-order valence-corrected chi connectivity index (χ1v) is 6.56. The van der Waals surface area contributed by atoms with Crippen molar-refractivity contribution in [1.82, 2.24) is 14.0 Å². The van der Waals surface area contributed by atoms with Crippen LogP contribution in [-0.2, 0) is 16.1 Å². The Morgan fingerprint density at radius 3 is 2.37 bits per heavy atom. The molecule has 1 fully saturated rings. The van der Waals surface area contributed by atoms with Gasteiger partial charge in [0.2, 0.25) is 5.91 Å². The molecule has 0 aliphatic carbocycles. The first kappa shape index (κ1) is 13.6. The molecule has 104 valence electrons. The third-order valence-corrected chi connectivity index (χ3v) is 3.41. The van der Waals surface area contributed by atoms with Gasteiger partial charge in [-0.1, -0.05) is 0 Å². The van der Waals surface area contributed by atoms with Gasteiger partial charge in [-0.25, -0.2) is 4.79 Å². The van der Waals surface area contributed by atoms with Gasteiger partial charge in [0, 0.05) is 44.4 Å². The van der Waals surface area contributed by atoms with E-state index in [0.717, 1.165) is 0 Å². The molecule has 2 heterocycles. The fourth-order valence-electron chi connectivity index (χ4n) is 2.19. The smallest absolute Gasteiger partial charge is 0.328 e. The van der Waals surface area contributed by atoms with Gasteiger partial charge in [-0.3, -0.25) is 18.7 Å². The predicted molar refractivity (Wildman–Crippen MR) is 69.9 cm³/mol. The molecule has 0 saturated carbocycles. The molecule has 1 aliphatic rings. The summed E-state index contributed by atoms with van der Waals surface area (Å²) in [5.41, 5.74) is -0.170. The van der Waals surface area contributed by atoms with Crippen LogP contribution in [-0.4, -0.2) is 38.8 Å². The number of ketones is 1.